The standard InChI is InChI=1S/C12H14BrNO5S/c13-10-3-7(9(4-14)12(15)16)1-2-11(10)19-8-5-20(17,18)6-8/h1-3,8-9H,4-6,14H2,(H,15,16). The molecule has 2 rings (SSSR count). The van der Waals surface area contributed by atoms with Gasteiger partial charge in [-0.05, 0) is 33.6 Å². The Kier molecular flexibility index (Phi) is 4.36. The van der Waals surface area contributed by atoms with Crippen molar-refractivity contribution in [2.24, 2.45) is 5.73 Å². The van der Waals surface area contributed by atoms with E-state index < -0.39 is 21.7 Å². The largest absolute Gasteiger partial charge is 0.487 e. The van der Waals surface area contributed by atoms with Crippen LogP contribution >= 0.6 is 15.9 Å². The highest BCUT2D eigenvalue weighted by Crippen LogP contribution is 2.31. The first kappa shape index (κ1) is 15.3. The maximum atomic E-state index is 11.1. The van der Waals surface area contributed by atoms with Gasteiger partial charge >= 0.3 is 5.97 Å². The van der Waals surface area contributed by atoms with Crippen LogP contribution in [0.4, 0.5) is 0 Å². The van der Waals surface area contributed by atoms with Gasteiger partial charge in [0.1, 0.15) is 11.9 Å². The molecule has 0 aliphatic carbocycles. The van der Waals surface area contributed by atoms with E-state index in [1.807, 2.05) is 0 Å². The maximum absolute atomic E-state index is 11.1. The Balaban J connectivity index is 2.12. The summed E-state index contributed by atoms with van der Waals surface area (Å²) in [6.07, 6.45) is -0.341. The van der Waals surface area contributed by atoms with Gasteiger partial charge in [-0.25, -0.2) is 8.42 Å². The fourth-order valence-corrected chi connectivity index (χ4v) is 3.64. The molecule has 0 spiro atoms. The molecular formula is C12H14BrNO5S. The minimum Gasteiger partial charge on any atom is -0.487 e. The lowest BCUT2D eigenvalue weighted by Crippen LogP contribution is -2.45. The van der Waals surface area contributed by atoms with Crippen molar-refractivity contribution >= 4 is 31.7 Å². The summed E-state index contributed by atoms with van der Waals surface area (Å²) >= 11 is 3.30. The number of halogens is 1. The van der Waals surface area contributed by atoms with Crippen LogP contribution in [-0.2, 0) is 14.6 Å². The number of carboxylic acids is 1. The van der Waals surface area contributed by atoms with E-state index in [1.165, 1.54) is 0 Å². The molecule has 1 unspecified atom stereocenters. The van der Waals surface area contributed by atoms with Crippen molar-refractivity contribution in [2.45, 2.75) is 12.0 Å². The molecule has 1 aromatic carbocycles. The van der Waals surface area contributed by atoms with E-state index in [0.29, 0.717) is 15.8 Å². The van der Waals surface area contributed by atoms with Crippen LogP contribution in [0.5, 0.6) is 5.75 Å². The molecule has 1 aromatic rings. The number of sulfone groups is 1. The predicted molar refractivity (Wildman–Crippen MR) is 76.6 cm³/mol. The van der Waals surface area contributed by atoms with Gasteiger partial charge < -0.3 is 15.6 Å². The fraction of sp³-hybridized carbons (Fsp3) is 0.417. The van der Waals surface area contributed by atoms with Crippen molar-refractivity contribution in [2.75, 3.05) is 18.1 Å². The minimum absolute atomic E-state index is 0.00282. The molecule has 1 aliphatic heterocycles. The van der Waals surface area contributed by atoms with Crippen LogP contribution in [0, 0.1) is 0 Å². The van der Waals surface area contributed by atoms with Crippen LogP contribution in [0.15, 0.2) is 22.7 Å². The molecule has 1 saturated heterocycles. The average Bonchev–Trinajstić information content (AvgIpc) is 2.30. The number of benzene rings is 1. The lowest BCUT2D eigenvalue weighted by molar-refractivity contribution is -0.138. The Morgan fingerprint density at radius 1 is 1.50 bits per heavy atom. The van der Waals surface area contributed by atoms with E-state index in [9.17, 15) is 13.2 Å². The predicted octanol–water partition coefficient (Wildman–Crippen LogP) is 0.752. The third-order valence-electron chi connectivity index (χ3n) is 3.07. The number of carboxylic acid groups (broad SMARTS) is 1. The van der Waals surface area contributed by atoms with Crippen LogP contribution in [0.1, 0.15) is 11.5 Å². The van der Waals surface area contributed by atoms with E-state index in [2.05, 4.69) is 15.9 Å². The zero-order valence-corrected chi connectivity index (χ0v) is 12.9. The number of aliphatic carboxylic acids is 1. The highest BCUT2D eigenvalue weighted by molar-refractivity contribution is 9.10. The van der Waals surface area contributed by atoms with Gasteiger partial charge in [0.2, 0.25) is 0 Å². The Bertz CT molecular complexity index is 619. The first-order valence-corrected chi connectivity index (χ1v) is 8.53. The Hall–Kier alpha value is -1.12. The molecule has 6 nitrogen and oxygen atoms in total. The molecular weight excluding hydrogens is 350 g/mol. The summed E-state index contributed by atoms with van der Waals surface area (Å²) < 4.78 is 28.2. The minimum atomic E-state index is -2.93. The van der Waals surface area contributed by atoms with Gasteiger partial charge in [-0.3, -0.25) is 4.79 Å². The second-order valence-corrected chi connectivity index (χ2v) is 7.64. The molecule has 0 bridgehead atoms. The van der Waals surface area contributed by atoms with Gasteiger partial charge in [-0.2, -0.15) is 0 Å². The van der Waals surface area contributed by atoms with Crippen molar-refractivity contribution < 1.29 is 23.1 Å². The van der Waals surface area contributed by atoms with E-state index in [0.717, 1.165) is 0 Å². The summed E-state index contributed by atoms with van der Waals surface area (Å²) in [4.78, 5) is 11.0. The molecule has 0 saturated carbocycles. The quantitative estimate of drug-likeness (QED) is 0.799. The summed E-state index contributed by atoms with van der Waals surface area (Å²) in [5, 5.41) is 9.04. The first-order chi connectivity index (χ1) is 9.32. The maximum Gasteiger partial charge on any atom is 0.312 e. The van der Waals surface area contributed by atoms with Crippen LogP contribution < -0.4 is 10.5 Å². The fourth-order valence-electron chi connectivity index (χ4n) is 1.97. The third-order valence-corrected chi connectivity index (χ3v) is 5.44. The zero-order valence-electron chi connectivity index (χ0n) is 10.5. The monoisotopic (exact) mass is 363 g/mol. The number of ether oxygens (including phenoxy) is 1. The third kappa shape index (κ3) is 3.31. The van der Waals surface area contributed by atoms with Crippen LogP contribution in [-0.4, -0.2) is 43.6 Å². The summed E-state index contributed by atoms with van der Waals surface area (Å²) in [7, 11) is -2.93. The first-order valence-electron chi connectivity index (χ1n) is 5.92. The van der Waals surface area contributed by atoms with E-state index in [4.69, 9.17) is 15.6 Å². The number of rotatable bonds is 5. The lowest BCUT2D eigenvalue weighted by Gasteiger charge is -2.27. The lowest BCUT2D eigenvalue weighted by atomic mass is 9.99. The Morgan fingerprint density at radius 3 is 2.60 bits per heavy atom. The van der Waals surface area contributed by atoms with Gasteiger partial charge in [-0.1, -0.05) is 6.07 Å². The molecule has 110 valence electrons. The van der Waals surface area contributed by atoms with E-state index >= 15 is 0 Å². The van der Waals surface area contributed by atoms with Crippen LogP contribution in [0.2, 0.25) is 0 Å². The number of hydrogen-bond acceptors (Lipinski definition) is 5. The Labute approximate surface area is 125 Å². The molecule has 1 atom stereocenters. The number of hydrogen-bond donors (Lipinski definition) is 2. The molecule has 3 N–H and O–H groups in total. The SMILES string of the molecule is NCC(C(=O)O)c1ccc(OC2CS(=O)(=O)C2)c(Br)c1. The van der Waals surface area contributed by atoms with Gasteiger partial charge in [0, 0.05) is 6.54 Å². The molecule has 8 heteroatoms. The molecule has 0 radical (unpaired) electrons. The van der Waals surface area contributed by atoms with Gasteiger partial charge in [-0.15, -0.1) is 0 Å². The second-order valence-electron chi connectivity index (χ2n) is 4.63. The van der Waals surface area contributed by atoms with Crippen LogP contribution in [0.25, 0.3) is 0 Å². The summed E-state index contributed by atoms with van der Waals surface area (Å²) in [5.74, 6) is -1.24. The van der Waals surface area contributed by atoms with Gasteiger partial charge in [0.05, 0.1) is 21.9 Å². The highest BCUT2D eigenvalue weighted by Gasteiger charge is 2.35. The van der Waals surface area contributed by atoms with Crippen molar-refractivity contribution in [3.63, 3.8) is 0 Å². The van der Waals surface area contributed by atoms with Gasteiger partial charge in [0.25, 0.3) is 0 Å². The summed E-state index contributed by atoms with van der Waals surface area (Å²) in [6.45, 7) is 0.00282. The normalized spacial score (nSPS) is 19.1. The van der Waals surface area contributed by atoms with Crippen molar-refractivity contribution in [1.82, 2.24) is 0 Å². The van der Waals surface area contributed by atoms with Crippen molar-refractivity contribution in [3.8, 4) is 5.75 Å². The van der Waals surface area contributed by atoms with Crippen molar-refractivity contribution in [3.05, 3.63) is 28.2 Å². The molecule has 20 heavy (non-hydrogen) atoms. The topological polar surface area (TPSA) is 107 Å². The van der Waals surface area contributed by atoms with E-state index in [1.54, 1.807) is 18.2 Å². The highest BCUT2D eigenvalue weighted by atomic mass is 79.9. The zero-order chi connectivity index (χ0) is 14.9. The molecule has 1 heterocycles. The van der Waals surface area contributed by atoms with Gasteiger partial charge in [0.15, 0.2) is 9.84 Å². The molecule has 1 fully saturated rings. The molecule has 0 aromatic heterocycles. The second kappa shape index (κ2) is 5.71. The van der Waals surface area contributed by atoms with Crippen molar-refractivity contribution in [1.29, 1.82) is 0 Å². The number of nitrogens with two attached hydrogens (primary N) is 1. The van der Waals surface area contributed by atoms with E-state index in [-0.39, 0.29) is 24.2 Å². The molecule has 0 amide bonds. The summed E-state index contributed by atoms with van der Waals surface area (Å²) in [5.41, 5.74) is 6.01. The van der Waals surface area contributed by atoms with Crippen LogP contribution in [0.3, 0.4) is 0 Å². The average molecular weight is 364 g/mol. The Morgan fingerprint density at radius 2 is 2.15 bits per heavy atom. The number of carbonyl (C=O) groups is 1. The summed E-state index contributed by atoms with van der Waals surface area (Å²) in [6, 6.07) is 4.88. The smallest absolute Gasteiger partial charge is 0.312 e. The molecule has 1 aliphatic rings.